The van der Waals surface area contributed by atoms with Crippen LogP contribution in [-0.2, 0) is 25.1 Å². The summed E-state index contributed by atoms with van der Waals surface area (Å²) in [5, 5.41) is 12.9. The summed E-state index contributed by atoms with van der Waals surface area (Å²) in [7, 11) is -3.07. The first-order chi connectivity index (χ1) is 24.7. The molecule has 3 fully saturated rings. The molecular formula is C36H41N7O7S. The molecule has 3 aromatic rings. The molecule has 2 aromatic carbocycles. The van der Waals surface area contributed by atoms with Crippen LogP contribution in [0.5, 0.6) is 11.6 Å². The highest BCUT2D eigenvalue weighted by Crippen LogP contribution is 2.49. The number of methoxy groups -OCH3 is 1. The van der Waals surface area contributed by atoms with E-state index in [0.717, 1.165) is 52.2 Å². The number of nitrogens with zero attached hydrogens (tertiary/aromatic N) is 6. The topological polar surface area (TPSA) is 158 Å². The van der Waals surface area contributed by atoms with Gasteiger partial charge < -0.3 is 24.4 Å². The third kappa shape index (κ3) is 6.16. The van der Waals surface area contributed by atoms with Crippen molar-refractivity contribution in [1.82, 2.24) is 25.0 Å². The number of anilines is 1. The number of likely N-dealkylation sites (tertiary alicyclic amines) is 1. The van der Waals surface area contributed by atoms with Gasteiger partial charge in [-0.1, -0.05) is 0 Å². The van der Waals surface area contributed by atoms with Crippen LogP contribution >= 0.6 is 0 Å². The van der Waals surface area contributed by atoms with Gasteiger partial charge in [0.1, 0.15) is 5.75 Å². The predicted octanol–water partition coefficient (Wildman–Crippen LogP) is 2.53. The molecule has 3 saturated heterocycles. The number of ether oxygens (including phenoxy) is 3. The number of amides is 3. The average molecular weight is 716 g/mol. The zero-order valence-corrected chi connectivity index (χ0v) is 29.5. The molecule has 0 saturated carbocycles. The molecule has 0 spiro atoms. The Hall–Kier alpha value is -4.75. The van der Waals surface area contributed by atoms with Gasteiger partial charge in [0.2, 0.25) is 5.88 Å². The van der Waals surface area contributed by atoms with Crippen molar-refractivity contribution in [2.24, 2.45) is 0 Å². The van der Waals surface area contributed by atoms with E-state index < -0.39 is 27.5 Å². The van der Waals surface area contributed by atoms with Gasteiger partial charge in [0.25, 0.3) is 15.9 Å². The summed E-state index contributed by atoms with van der Waals surface area (Å²) in [5.74, 6) is -0.457. The Kier molecular flexibility index (Phi) is 9.60. The number of carbonyl (C=O) groups excluding carboxylic acids is 2. The molecule has 7 rings (SSSR count). The SMILES string of the molecule is CCOc1ncccc1[C@]1(NC(=O)N2CCC(N3CCN(C4COC4)CC3)CC2)C(=O)N(S(=O)(=O)c2ccc(OC)cc2)c2ccc(C#N)cc21. The van der Waals surface area contributed by atoms with Gasteiger partial charge in [0, 0.05) is 57.1 Å². The summed E-state index contributed by atoms with van der Waals surface area (Å²) < 4.78 is 45.9. The molecule has 3 amide bonds. The van der Waals surface area contributed by atoms with E-state index in [0.29, 0.717) is 35.2 Å². The van der Waals surface area contributed by atoms with Gasteiger partial charge in [-0.2, -0.15) is 9.57 Å². The van der Waals surface area contributed by atoms with Crippen molar-refractivity contribution in [3.63, 3.8) is 0 Å². The monoisotopic (exact) mass is 715 g/mol. The number of hydrogen-bond acceptors (Lipinski definition) is 11. The van der Waals surface area contributed by atoms with Crippen LogP contribution in [0.1, 0.15) is 36.5 Å². The predicted molar refractivity (Wildman–Crippen MR) is 186 cm³/mol. The number of nitriles is 1. The minimum Gasteiger partial charge on any atom is -0.497 e. The summed E-state index contributed by atoms with van der Waals surface area (Å²) >= 11 is 0. The van der Waals surface area contributed by atoms with Crippen molar-refractivity contribution in [2.75, 3.05) is 70.5 Å². The molecule has 0 aliphatic carbocycles. The van der Waals surface area contributed by atoms with Gasteiger partial charge in [-0.3, -0.25) is 14.6 Å². The number of nitrogens with one attached hydrogen (secondary N) is 1. The van der Waals surface area contributed by atoms with E-state index in [1.165, 1.54) is 55.8 Å². The number of carbonyl (C=O) groups is 2. The average Bonchev–Trinajstić information content (AvgIpc) is 3.39. The second-order valence-electron chi connectivity index (χ2n) is 13.0. The molecule has 0 unspecified atom stereocenters. The second kappa shape index (κ2) is 14.1. The van der Waals surface area contributed by atoms with E-state index >= 15 is 4.79 Å². The molecule has 5 heterocycles. The van der Waals surface area contributed by atoms with E-state index in [1.807, 2.05) is 0 Å². The summed E-state index contributed by atoms with van der Waals surface area (Å²) in [5.41, 5.74) is -1.64. The normalized spacial score (nSPS) is 21.9. The first kappa shape index (κ1) is 34.7. The van der Waals surface area contributed by atoms with Crippen LogP contribution in [0.3, 0.4) is 0 Å². The van der Waals surface area contributed by atoms with E-state index in [-0.39, 0.29) is 39.8 Å². The van der Waals surface area contributed by atoms with E-state index in [4.69, 9.17) is 14.2 Å². The van der Waals surface area contributed by atoms with Gasteiger partial charge in [0.05, 0.1) is 60.8 Å². The first-order valence-electron chi connectivity index (χ1n) is 17.2. The third-order valence-electron chi connectivity index (χ3n) is 10.4. The van der Waals surface area contributed by atoms with Gasteiger partial charge in [0.15, 0.2) is 5.54 Å². The number of fused-ring (bicyclic) bond motifs is 1. The van der Waals surface area contributed by atoms with Gasteiger partial charge in [-0.05, 0) is 74.4 Å². The number of hydrogen-bond donors (Lipinski definition) is 1. The maximum absolute atomic E-state index is 15.1. The lowest BCUT2D eigenvalue weighted by Gasteiger charge is -2.46. The number of piperidine rings is 1. The van der Waals surface area contributed by atoms with Crippen LogP contribution in [0.4, 0.5) is 10.5 Å². The quantitative estimate of drug-likeness (QED) is 0.347. The summed E-state index contributed by atoms with van der Waals surface area (Å²) in [6.45, 7) is 8.35. The largest absolute Gasteiger partial charge is 0.497 e. The molecule has 1 atom stereocenters. The van der Waals surface area contributed by atoms with Gasteiger partial charge in [-0.25, -0.2) is 18.2 Å². The summed E-state index contributed by atoms with van der Waals surface area (Å²) in [4.78, 5) is 40.3. The fourth-order valence-electron chi connectivity index (χ4n) is 7.50. The Morgan fingerprint density at radius 3 is 2.29 bits per heavy atom. The Balaban J connectivity index is 1.22. The molecule has 15 heteroatoms. The van der Waals surface area contributed by atoms with Crippen LogP contribution in [0, 0.1) is 11.3 Å². The lowest BCUT2D eigenvalue weighted by atomic mass is 9.83. The number of rotatable bonds is 9. The van der Waals surface area contributed by atoms with Crippen molar-refractivity contribution < 1.29 is 32.2 Å². The molecule has 4 aliphatic rings. The molecule has 268 valence electrons. The van der Waals surface area contributed by atoms with Crippen molar-refractivity contribution in [3.8, 4) is 17.7 Å². The highest BCUT2D eigenvalue weighted by atomic mass is 32.2. The van der Waals surface area contributed by atoms with Crippen molar-refractivity contribution >= 4 is 27.6 Å². The molecule has 0 radical (unpaired) electrons. The smallest absolute Gasteiger partial charge is 0.318 e. The van der Waals surface area contributed by atoms with Crippen molar-refractivity contribution in [3.05, 3.63) is 77.5 Å². The standard InChI is InChI=1S/C36H41N7O7S/c1-3-50-33-30(5-4-14-38-33)36(39-35(45)42-15-12-26(13-16-42)40-17-19-41(20-18-40)27-23-49-24-27)31-21-25(22-37)6-11-32(31)43(34(36)44)51(46,47)29-9-7-28(48-2)8-10-29/h4-11,14,21,26-27H,3,12-13,15-20,23-24H2,1-2H3,(H,39,45)/t36-/m1/s1. The zero-order valence-electron chi connectivity index (χ0n) is 28.7. The lowest BCUT2D eigenvalue weighted by molar-refractivity contribution is -0.121. The van der Waals surface area contributed by atoms with Gasteiger partial charge in [-0.15, -0.1) is 0 Å². The fourth-order valence-corrected chi connectivity index (χ4v) is 8.97. The maximum atomic E-state index is 15.1. The fraction of sp³-hybridized carbons (Fsp3) is 0.444. The first-order valence-corrected chi connectivity index (χ1v) is 18.6. The molecule has 51 heavy (non-hydrogen) atoms. The molecular weight excluding hydrogens is 675 g/mol. The Morgan fingerprint density at radius 1 is 1.00 bits per heavy atom. The number of urea groups is 1. The van der Waals surface area contributed by atoms with Crippen molar-refractivity contribution in [1.29, 1.82) is 5.26 Å². The number of benzene rings is 2. The van der Waals surface area contributed by atoms with Crippen LogP contribution in [0.2, 0.25) is 0 Å². The highest BCUT2D eigenvalue weighted by Gasteiger charge is 2.59. The highest BCUT2D eigenvalue weighted by molar-refractivity contribution is 7.93. The Labute approximate surface area is 297 Å². The van der Waals surface area contributed by atoms with Crippen LogP contribution < -0.4 is 19.1 Å². The second-order valence-corrected chi connectivity index (χ2v) is 14.8. The number of sulfonamides is 1. The molecule has 4 aliphatic heterocycles. The van der Waals surface area contributed by atoms with E-state index in [1.54, 1.807) is 24.0 Å². The minimum atomic E-state index is -4.53. The molecule has 14 nitrogen and oxygen atoms in total. The molecule has 1 aromatic heterocycles. The number of piperazine rings is 1. The zero-order chi connectivity index (χ0) is 35.8. The van der Waals surface area contributed by atoms with Gasteiger partial charge >= 0.3 is 6.03 Å². The van der Waals surface area contributed by atoms with E-state index in [9.17, 15) is 18.5 Å². The summed E-state index contributed by atoms with van der Waals surface area (Å²) in [6, 6.07) is 15.6. The lowest BCUT2D eigenvalue weighted by Crippen LogP contribution is -2.61. The number of pyridine rings is 1. The van der Waals surface area contributed by atoms with Crippen molar-refractivity contribution in [2.45, 2.75) is 42.3 Å². The van der Waals surface area contributed by atoms with Crippen LogP contribution in [0.25, 0.3) is 0 Å². The van der Waals surface area contributed by atoms with E-state index in [2.05, 4.69) is 26.2 Å². The summed E-state index contributed by atoms with van der Waals surface area (Å²) in [6.07, 6.45) is 3.00. The Bertz CT molecular complexity index is 1930. The van der Waals surface area contributed by atoms with Crippen LogP contribution in [-0.4, -0.2) is 118 Å². The third-order valence-corrected chi connectivity index (χ3v) is 12.1. The Morgan fingerprint density at radius 2 is 1.69 bits per heavy atom. The maximum Gasteiger partial charge on any atom is 0.318 e. The number of aromatic nitrogens is 1. The van der Waals surface area contributed by atoms with Crippen LogP contribution in [0.15, 0.2) is 65.7 Å². The molecule has 1 N–H and O–H groups in total. The molecule has 0 bridgehead atoms. The minimum absolute atomic E-state index is 0.00716.